The maximum Gasteiger partial charge on any atom is 0.0504 e. The molecule has 0 saturated heterocycles. The standard InChI is InChI=1S/C28H13BrS3/c29-18-12-14-6-5-9-16-15-7-1-2-8-17(15)24-25-21(32-27(18)26(25)23(14)16)13-22-28(24)31-20-11-4-3-10-19(20)30-22/h1-13H. The first-order valence-corrected chi connectivity index (χ1v) is 13.7. The van der Waals surface area contributed by atoms with Crippen LogP contribution >= 0.6 is 50.8 Å². The second-order valence-corrected chi connectivity index (χ2v) is 12.3. The molecular weight excluding hydrogens is 512 g/mol. The van der Waals surface area contributed by atoms with Crippen LogP contribution in [-0.4, -0.2) is 0 Å². The molecule has 0 N–H and O–H groups in total. The molecule has 0 nitrogen and oxygen atoms in total. The van der Waals surface area contributed by atoms with Crippen molar-refractivity contribution >= 4 is 81.7 Å². The molecule has 32 heavy (non-hydrogen) atoms. The van der Waals surface area contributed by atoms with E-state index >= 15 is 0 Å². The zero-order chi connectivity index (χ0) is 21.0. The monoisotopic (exact) mass is 524 g/mol. The zero-order valence-electron chi connectivity index (χ0n) is 16.6. The summed E-state index contributed by atoms with van der Waals surface area (Å²) in [5.74, 6) is 0. The number of halogens is 1. The molecule has 4 heteroatoms. The maximum atomic E-state index is 3.91. The van der Waals surface area contributed by atoms with E-state index in [0.29, 0.717) is 0 Å². The molecule has 150 valence electrons. The first-order chi connectivity index (χ1) is 15.8. The zero-order valence-corrected chi connectivity index (χ0v) is 20.6. The number of thiophene rings is 1. The second-order valence-electron chi connectivity index (χ2n) is 8.22. The number of hydrogen-bond donors (Lipinski definition) is 0. The molecule has 2 aliphatic rings. The van der Waals surface area contributed by atoms with Crippen LogP contribution in [0.15, 0.2) is 103 Å². The van der Waals surface area contributed by atoms with Crippen molar-refractivity contribution in [1.29, 1.82) is 0 Å². The van der Waals surface area contributed by atoms with Gasteiger partial charge in [-0.1, -0.05) is 78.1 Å². The third kappa shape index (κ3) is 2.26. The summed E-state index contributed by atoms with van der Waals surface area (Å²) in [6.07, 6.45) is 0. The van der Waals surface area contributed by atoms with Crippen molar-refractivity contribution in [1.82, 2.24) is 0 Å². The van der Waals surface area contributed by atoms with Crippen molar-refractivity contribution in [3.63, 3.8) is 0 Å². The number of benzene rings is 5. The molecule has 6 aromatic rings. The average Bonchev–Trinajstić information content (AvgIpc) is 3.14. The van der Waals surface area contributed by atoms with Crippen molar-refractivity contribution in [2.24, 2.45) is 0 Å². The van der Waals surface area contributed by atoms with E-state index in [0.717, 1.165) is 0 Å². The molecule has 0 bridgehead atoms. The molecule has 8 rings (SSSR count). The highest BCUT2D eigenvalue weighted by molar-refractivity contribution is 9.10. The van der Waals surface area contributed by atoms with Crippen molar-refractivity contribution in [2.75, 3.05) is 0 Å². The minimum Gasteiger partial charge on any atom is -0.134 e. The van der Waals surface area contributed by atoms with E-state index in [9.17, 15) is 0 Å². The number of fused-ring (bicyclic) bond motifs is 6. The lowest BCUT2D eigenvalue weighted by atomic mass is 9.94. The van der Waals surface area contributed by atoms with Gasteiger partial charge in [-0.05, 0) is 67.7 Å². The number of rotatable bonds is 0. The Morgan fingerprint density at radius 3 is 2.22 bits per heavy atom. The lowest BCUT2D eigenvalue weighted by molar-refractivity contribution is 1.17. The largest absolute Gasteiger partial charge is 0.134 e. The normalized spacial score (nSPS) is 13.5. The third-order valence-electron chi connectivity index (χ3n) is 6.51. The number of hydrogen-bond acceptors (Lipinski definition) is 3. The van der Waals surface area contributed by atoms with Crippen molar-refractivity contribution in [2.45, 2.75) is 19.6 Å². The fourth-order valence-corrected chi connectivity index (χ4v) is 9.60. The Balaban J connectivity index is 1.65. The first kappa shape index (κ1) is 18.2. The van der Waals surface area contributed by atoms with Crippen LogP contribution in [0.3, 0.4) is 0 Å². The van der Waals surface area contributed by atoms with Crippen LogP contribution in [0.1, 0.15) is 0 Å². The van der Waals surface area contributed by atoms with Crippen LogP contribution < -0.4 is 0 Å². The van der Waals surface area contributed by atoms with E-state index in [-0.39, 0.29) is 0 Å². The van der Waals surface area contributed by atoms with Gasteiger partial charge in [-0.15, -0.1) is 11.3 Å². The molecule has 1 aliphatic carbocycles. The van der Waals surface area contributed by atoms with E-state index < -0.39 is 0 Å². The van der Waals surface area contributed by atoms with Crippen LogP contribution in [0.5, 0.6) is 0 Å². The molecule has 0 unspecified atom stereocenters. The van der Waals surface area contributed by atoms with Gasteiger partial charge in [-0.3, -0.25) is 0 Å². The molecule has 1 aliphatic heterocycles. The summed E-state index contributed by atoms with van der Waals surface area (Å²) in [7, 11) is 0. The van der Waals surface area contributed by atoms with E-state index in [2.05, 4.69) is 94.8 Å². The molecule has 0 spiro atoms. The van der Waals surface area contributed by atoms with Gasteiger partial charge in [-0.2, -0.15) is 0 Å². The quantitative estimate of drug-likeness (QED) is 0.193. The van der Waals surface area contributed by atoms with E-state index in [4.69, 9.17) is 0 Å². The van der Waals surface area contributed by atoms with Crippen LogP contribution in [0, 0.1) is 0 Å². The smallest absolute Gasteiger partial charge is 0.0504 e. The lowest BCUT2D eigenvalue weighted by Crippen LogP contribution is -1.94. The highest BCUT2D eigenvalue weighted by Crippen LogP contribution is 2.59. The summed E-state index contributed by atoms with van der Waals surface area (Å²) < 4.78 is 3.92. The van der Waals surface area contributed by atoms with Gasteiger partial charge in [0.1, 0.15) is 0 Å². The van der Waals surface area contributed by atoms with Gasteiger partial charge in [0.05, 0.1) is 4.70 Å². The summed E-state index contributed by atoms with van der Waals surface area (Å²) in [5, 5.41) is 5.51. The fraction of sp³-hybridized carbons (Fsp3) is 0. The van der Waals surface area contributed by atoms with Gasteiger partial charge in [-0.25, -0.2) is 0 Å². The molecule has 5 aromatic carbocycles. The van der Waals surface area contributed by atoms with Crippen LogP contribution in [0.2, 0.25) is 0 Å². The Morgan fingerprint density at radius 1 is 0.594 bits per heavy atom. The van der Waals surface area contributed by atoms with Gasteiger partial charge in [0.25, 0.3) is 0 Å². The highest BCUT2D eigenvalue weighted by Gasteiger charge is 2.29. The third-order valence-corrected chi connectivity index (χ3v) is 11.2. The topological polar surface area (TPSA) is 0 Å². The fourth-order valence-electron chi connectivity index (χ4n) is 5.24. The van der Waals surface area contributed by atoms with Crippen molar-refractivity contribution in [3.8, 4) is 22.3 Å². The van der Waals surface area contributed by atoms with Crippen LogP contribution in [0.25, 0.3) is 53.2 Å². The molecule has 0 fully saturated rings. The molecule has 2 heterocycles. The van der Waals surface area contributed by atoms with Gasteiger partial charge >= 0.3 is 0 Å². The Labute approximate surface area is 205 Å². The summed E-state index contributed by atoms with van der Waals surface area (Å²) >= 11 is 9.67. The Kier molecular flexibility index (Phi) is 3.65. The van der Waals surface area contributed by atoms with Gasteiger partial charge in [0.15, 0.2) is 0 Å². The molecule has 0 radical (unpaired) electrons. The minimum absolute atomic E-state index is 1.19. The van der Waals surface area contributed by atoms with E-state index in [1.54, 1.807) is 0 Å². The maximum absolute atomic E-state index is 3.91. The summed E-state index contributed by atoms with van der Waals surface area (Å²) in [6, 6.07) is 29.2. The second kappa shape index (κ2) is 6.42. The predicted octanol–water partition coefficient (Wildman–Crippen LogP) is 10.2. The van der Waals surface area contributed by atoms with Crippen LogP contribution in [-0.2, 0) is 0 Å². The van der Waals surface area contributed by atoms with Gasteiger partial charge < -0.3 is 0 Å². The summed E-state index contributed by atoms with van der Waals surface area (Å²) in [6.45, 7) is 0. The summed E-state index contributed by atoms with van der Waals surface area (Å²) in [4.78, 5) is 5.47. The molecule has 0 atom stereocenters. The molecule has 0 amide bonds. The van der Waals surface area contributed by atoms with Crippen LogP contribution in [0.4, 0.5) is 0 Å². The summed E-state index contributed by atoms with van der Waals surface area (Å²) in [5.41, 5.74) is 5.43. The minimum atomic E-state index is 1.19. The Bertz CT molecular complexity index is 1790. The highest BCUT2D eigenvalue weighted by atomic mass is 79.9. The Morgan fingerprint density at radius 2 is 1.34 bits per heavy atom. The average molecular weight is 526 g/mol. The predicted molar refractivity (Wildman–Crippen MR) is 144 cm³/mol. The van der Waals surface area contributed by atoms with Crippen molar-refractivity contribution in [3.05, 3.63) is 83.3 Å². The van der Waals surface area contributed by atoms with E-state index in [1.807, 2.05) is 34.9 Å². The first-order valence-electron chi connectivity index (χ1n) is 10.5. The molecule has 1 aromatic heterocycles. The van der Waals surface area contributed by atoms with Gasteiger partial charge in [0, 0.05) is 45.1 Å². The van der Waals surface area contributed by atoms with E-state index in [1.165, 1.54) is 77.3 Å². The Hall–Kier alpha value is -2.24. The lowest BCUT2D eigenvalue weighted by Gasteiger charge is -2.22. The van der Waals surface area contributed by atoms with Crippen molar-refractivity contribution < 1.29 is 0 Å². The SMILES string of the molecule is Brc1cc2cccc3c2c2c1sc1cc4c(c(c12)-c1ccccc1-3)Sc1ccccc1S4. The molecular formula is C28H13BrS3. The van der Waals surface area contributed by atoms with Gasteiger partial charge in [0.2, 0.25) is 0 Å². The molecule has 0 saturated carbocycles.